The first-order valence-corrected chi connectivity index (χ1v) is 6.19. The standard InChI is InChI=1S/C11H19N3O2S/c1-6-3-4-8(7(6)2)14-11(16)10(15)13-5-9(12)17/h6-8H,3-5H2,1-2H3,(H2,12,17)(H,13,15)(H,14,16). The lowest BCUT2D eigenvalue weighted by molar-refractivity contribution is -0.139. The summed E-state index contributed by atoms with van der Waals surface area (Å²) in [6.07, 6.45) is 2.01. The Morgan fingerprint density at radius 2 is 1.94 bits per heavy atom. The van der Waals surface area contributed by atoms with Crippen molar-refractivity contribution in [1.82, 2.24) is 10.6 Å². The van der Waals surface area contributed by atoms with E-state index in [9.17, 15) is 9.59 Å². The molecule has 1 aliphatic carbocycles. The van der Waals surface area contributed by atoms with Gasteiger partial charge >= 0.3 is 11.8 Å². The third-order valence-electron chi connectivity index (χ3n) is 3.41. The minimum absolute atomic E-state index is 0.0538. The molecule has 0 heterocycles. The number of thiocarbonyl (C=S) groups is 1. The Balaban J connectivity index is 2.38. The zero-order chi connectivity index (χ0) is 13.0. The molecule has 0 radical (unpaired) electrons. The lowest BCUT2D eigenvalue weighted by atomic mass is 9.98. The van der Waals surface area contributed by atoms with Crippen LogP contribution < -0.4 is 16.4 Å². The van der Waals surface area contributed by atoms with Crippen molar-refractivity contribution in [3.05, 3.63) is 0 Å². The van der Waals surface area contributed by atoms with E-state index in [1.807, 2.05) is 0 Å². The highest BCUT2D eigenvalue weighted by Crippen LogP contribution is 2.30. The SMILES string of the molecule is CC1CCC(NC(=O)C(=O)NCC(N)=S)C1C. The number of rotatable bonds is 3. The van der Waals surface area contributed by atoms with Crippen LogP contribution in [0.5, 0.6) is 0 Å². The summed E-state index contributed by atoms with van der Waals surface area (Å²) in [7, 11) is 0. The molecule has 0 aromatic heterocycles. The predicted octanol–water partition coefficient (Wildman–Crippen LogP) is -0.0605. The van der Waals surface area contributed by atoms with Gasteiger partial charge in [0.25, 0.3) is 0 Å². The molecule has 96 valence electrons. The van der Waals surface area contributed by atoms with Crippen molar-refractivity contribution in [1.29, 1.82) is 0 Å². The molecule has 0 aliphatic heterocycles. The fourth-order valence-electron chi connectivity index (χ4n) is 2.05. The van der Waals surface area contributed by atoms with Crippen LogP contribution in [0.4, 0.5) is 0 Å². The fourth-order valence-corrected chi connectivity index (χ4v) is 2.12. The lowest BCUT2D eigenvalue weighted by Crippen LogP contribution is -2.47. The Bertz CT molecular complexity index is 333. The Morgan fingerprint density at radius 3 is 2.41 bits per heavy atom. The molecule has 3 unspecified atom stereocenters. The summed E-state index contributed by atoms with van der Waals surface area (Å²) in [5.74, 6) is -0.293. The van der Waals surface area contributed by atoms with E-state index in [1.165, 1.54) is 0 Å². The van der Waals surface area contributed by atoms with Crippen LogP contribution in [0, 0.1) is 11.8 Å². The molecule has 1 saturated carbocycles. The minimum Gasteiger partial charge on any atom is -0.392 e. The van der Waals surface area contributed by atoms with Gasteiger partial charge < -0.3 is 16.4 Å². The van der Waals surface area contributed by atoms with Crippen LogP contribution in [-0.2, 0) is 9.59 Å². The molecule has 1 fully saturated rings. The number of nitrogens with one attached hydrogen (secondary N) is 2. The predicted molar refractivity (Wildman–Crippen MR) is 69.3 cm³/mol. The molecule has 0 spiro atoms. The number of carbonyl (C=O) groups is 2. The van der Waals surface area contributed by atoms with Gasteiger partial charge in [-0.05, 0) is 24.7 Å². The molecule has 1 aliphatic rings. The number of nitrogens with two attached hydrogens (primary N) is 1. The molecular formula is C11H19N3O2S. The lowest BCUT2D eigenvalue weighted by Gasteiger charge is -2.19. The summed E-state index contributed by atoms with van der Waals surface area (Å²) in [6, 6.07) is 0.0908. The van der Waals surface area contributed by atoms with Crippen LogP contribution in [0.15, 0.2) is 0 Å². The van der Waals surface area contributed by atoms with Crippen LogP contribution in [-0.4, -0.2) is 29.4 Å². The monoisotopic (exact) mass is 257 g/mol. The molecule has 0 bridgehead atoms. The summed E-state index contributed by atoms with van der Waals surface area (Å²) in [5.41, 5.74) is 5.23. The highest BCUT2D eigenvalue weighted by Gasteiger charge is 2.31. The van der Waals surface area contributed by atoms with Gasteiger partial charge in [-0.2, -0.15) is 0 Å². The second-order valence-electron chi connectivity index (χ2n) is 4.64. The second-order valence-corrected chi connectivity index (χ2v) is 5.17. The van der Waals surface area contributed by atoms with E-state index in [0.29, 0.717) is 11.8 Å². The van der Waals surface area contributed by atoms with Gasteiger partial charge in [-0.1, -0.05) is 26.1 Å². The van der Waals surface area contributed by atoms with Crippen molar-refractivity contribution in [2.75, 3.05) is 6.54 Å². The van der Waals surface area contributed by atoms with E-state index in [1.54, 1.807) is 0 Å². The maximum Gasteiger partial charge on any atom is 0.309 e. The van der Waals surface area contributed by atoms with E-state index in [4.69, 9.17) is 5.73 Å². The third kappa shape index (κ3) is 3.96. The van der Waals surface area contributed by atoms with Gasteiger partial charge in [0, 0.05) is 6.04 Å². The van der Waals surface area contributed by atoms with Crippen LogP contribution >= 0.6 is 12.2 Å². The zero-order valence-corrected chi connectivity index (χ0v) is 11.0. The fraction of sp³-hybridized carbons (Fsp3) is 0.727. The molecular weight excluding hydrogens is 238 g/mol. The first-order chi connectivity index (χ1) is 7.91. The van der Waals surface area contributed by atoms with Gasteiger partial charge in [-0.15, -0.1) is 0 Å². The number of amides is 2. The summed E-state index contributed by atoms with van der Waals surface area (Å²) in [4.78, 5) is 23.1. The van der Waals surface area contributed by atoms with Crippen molar-refractivity contribution in [3.63, 3.8) is 0 Å². The molecule has 17 heavy (non-hydrogen) atoms. The largest absolute Gasteiger partial charge is 0.392 e. The summed E-state index contributed by atoms with van der Waals surface area (Å²) in [6.45, 7) is 4.30. The van der Waals surface area contributed by atoms with Crippen molar-refractivity contribution in [2.45, 2.75) is 32.7 Å². The second kappa shape index (κ2) is 5.95. The number of carbonyl (C=O) groups excluding carboxylic acids is 2. The number of hydrogen-bond acceptors (Lipinski definition) is 3. The maximum absolute atomic E-state index is 11.6. The average Bonchev–Trinajstić information content (AvgIpc) is 2.57. The van der Waals surface area contributed by atoms with Gasteiger partial charge in [0.05, 0.1) is 11.5 Å². The Kier molecular flexibility index (Phi) is 4.86. The highest BCUT2D eigenvalue weighted by atomic mass is 32.1. The van der Waals surface area contributed by atoms with Crippen LogP contribution in [0.25, 0.3) is 0 Å². The molecule has 0 aromatic carbocycles. The van der Waals surface area contributed by atoms with Gasteiger partial charge in [0.1, 0.15) is 0 Å². The van der Waals surface area contributed by atoms with E-state index in [2.05, 4.69) is 36.7 Å². The molecule has 0 aromatic rings. The first kappa shape index (κ1) is 13.9. The molecule has 3 atom stereocenters. The first-order valence-electron chi connectivity index (χ1n) is 5.78. The van der Waals surface area contributed by atoms with Crippen molar-refractivity contribution >= 4 is 29.0 Å². The molecule has 1 rings (SSSR count). The van der Waals surface area contributed by atoms with Crippen molar-refractivity contribution in [2.24, 2.45) is 17.6 Å². The van der Waals surface area contributed by atoms with Gasteiger partial charge in [-0.3, -0.25) is 9.59 Å². The van der Waals surface area contributed by atoms with Crippen LogP contribution in [0.1, 0.15) is 26.7 Å². The van der Waals surface area contributed by atoms with Crippen LogP contribution in [0.3, 0.4) is 0 Å². The van der Waals surface area contributed by atoms with Gasteiger partial charge in [0.2, 0.25) is 0 Å². The topological polar surface area (TPSA) is 84.2 Å². The Labute approximate surface area is 107 Å². The average molecular weight is 257 g/mol. The van der Waals surface area contributed by atoms with Crippen LogP contribution in [0.2, 0.25) is 0 Å². The molecule has 2 amide bonds. The molecule has 4 N–H and O–H groups in total. The highest BCUT2D eigenvalue weighted by molar-refractivity contribution is 7.80. The summed E-state index contributed by atoms with van der Waals surface area (Å²) >= 11 is 4.61. The van der Waals surface area contributed by atoms with Crippen molar-refractivity contribution < 1.29 is 9.59 Å². The Morgan fingerprint density at radius 1 is 1.29 bits per heavy atom. The van der Waals surface area contributed by atoms with E-state index in [-0.39, 0.29) is 17.6 Å². The third-order valence-corrected chi connectivity index (χ3v) is 3.56. The quantitative estimate of drug-likeness (QED) is 0.488. The summed E-state index contributed by atoms with van der Waals surface area (Å²) < 4.78 is 0. The molecule has 0 saturated heterocycles. The van der Waals surface area contributed by atoms with E-state index in [0.717, 1.165) is 12.8 Å². The number of hydrogen-bond donors (Lipinski definition) is 3. The van der Waals surface area contributed by atoms with Gasteiger partial charge in [-0.25, -0.2) is 0 Å². The summed E-state index contributed by atoms with van der Waals surface area (Å²) in [5, 5.41) is 5.11. The van der Waals surface area contributed by atoms with E-state index < -0.39 is 11.8 Å². The van der Waals surface area contributed by atoms with E-state index >= 15 is 0 Å². The Hall–Kier alpha value is -1.17. The van der Waals surface area contributed by atoms with Crippen molar-refractivity contribution in [3.8, 4) is 0 Å². The maximum atomic E-state index is 11.6. The minimum atomic E-state index is -0.676. The smallest absolute Gasteiger partial charge is 0.309 e. The molecule has 5 nitrogen and oxygen atoms in total. The normalized spacial score (nSPS) is 27.5. The zero-order valence-electron chi connectivity index (χ0n) is 10.2. The van der Waals surface area contributed by atoms with Gasteiger partial charge in [0.15, 0.2) is 0 Å². The molecule has 6 heteroatoms.